The highest BCUT2D eigenvalue weighted by molar-refractivity contribution is 6.98. The average molecular weight is 1020 g/mol. The van der Waals surface area contributed by atoms with Crippen molar-refractivity contribution in [2.45, 2.75) is 90.9 Å². The zero-order chi connectivity index (χ0) is 54.6. The van der Waals surface area contributed by atoms with E-state index in [0.29, 0.717) is 0 Å². The van der Waals surface area contributed by atoms with Gasteiger partial charge in [-0.05, 0) is 164 Å². The lowest BCUT2D eigenvalue weighted by molar-refractivity contribution is 0.464. The van der Waals surface area contributed by atoms with E-state index >= 15 is 0 Å². The largest absolute Gasteiger partial charge is 0.458 e. The Hall–Kier alpha value is -8.40. The van der Waals surface area contributed by atoms with E-state index in [-0.39, 0.29) is 28.4 Å². The number of benzene rings is 11. The second kappa shape index (κ2) is 18.6. The van der Waals surface area contributed by atoms with Gasteiger partial charge >= 0.3 is 0 Å². The summed E-state index contributed by atoms with van der Waals surface area (Å²) in [4.78, 5) is 0. The lowest BCUT2D eigenvalue weighted by Gasteiger charge is -2.36. The van der Waals surface area contributed by atoms with Gasteiger partial charge in [-0.25, -0.2) is 0 Å². The van der Waals surface area contributed by atoms with Crippen LogP contribution in [-0.4, -0.2) is 6.71 Å². The third-order valence-corrected chi connectivity index (χ3v) is 17.5. The summed E-state index contributed by atoms with van der Waals surface area (Å²) in [6, 6.07) is 83.4. The summed E-state index contributed by atoms with van der Waals surface area (Å²) in [6.07, 6.45) is 0. The Morgan fingerprint density at radius 3 is 1.04 bits per heavy atom. The highest BCUT2D eigenvalue weighted by atomic mass is 16.5. The first-order valence-electron chi connectivity index (χ1n) is 28.2. The molecule has 0 spiro atoms. The maximum absolute atomic E-state index is 7.27. The second-order valence-corrected chi connectivity index (χ2v) is 25.3. The minimum Gasteiger partial charge on any atom is -0.458 e. The molecule has 2 heterocycles. The van der Waals surface area contributed by atoms with E-state index in [0.717, 1.165) is 61.6 Å². The fourth-order valence-electron chi connectivity index (χ4n) is 12.6. The van der Waals surface area contributed by atoms with E-state index < -0.39 is 0 Å². The fraction of sp³-hybridized carbons (Fsp3) is 0.184. The van der Waals surface area contributed by atoms with Gasteiger partial charge in [0.15, 0.2) is 0 Å². The summed E-state index contributed by atoms with van der Waals surface area (Å²) >= 11 is 0. The molecule has 0 N–H and O–H groups in total. The first-order valence-corrected chi connectivity index (χ1v) is 28.2. The molecule has 2 aliphatic heterocycles. The van der Waals surface area contributed by atoms with E-state index in [2.05, 4.69) is 294 Å². The molecule has 0 bridgehead atoms. The molecule has 0 radical (unpaired) electrons. The molecule has 79 heavy (non-hydrogen) atoms. The van der Waals surface area contributed by atoms with Crippen LogP contribution in [0.2, 0.25) is 0 Å². The molecular weight excluding hydrogens is 956 g/mol. The summed E-state index contributed by atoms with van der Waals surface area (Å²) in [7, 11) is 0. The van der Waals surface area contributed by atoms with Gasteiger partial charge in [-0.15, -0.1) is 0 Å². The molecule has 2 aliphatic rings. The maximum Gasteiger partial charge on any atom is 0.260 e. The van der Waals surface area contributed by atoms with Crippen molar-refractivity contribution in [3.8, 4) is 67.5 Å². The van der Waals surface area contributed by atoms with Crippen molar-refractivity contribution >= 4 is 44.6 Å². The Kier molecular flexibility index (Phi) is 11.8. The van der Waals surface area contributed by atoms with Gasteiger partial charge in [0.25, 0.3) is 6.71 Å². The Bertz CT molecular complexity index is 3980. The lowest BCUT2D eigenvalue weighted by Crippen LogP contribution is -2.57. The fourth-order valence-corrected chi connectivity index (χ4v) is 12.6. The molecule has 0 amide bonds. The van der Waals surface area contributed by atoms with Crippen LogP contribution in [0.25, 0.3) is 66.1 Å². The molecule has 0 fully saturated rings. The van der Waals surface area contributed by atoms with Crippen LogP contribution in [0.5, 0.6) is 23.0 Å². The first kappa shape index (κ1) is 50.1. The molecule has 0 atom stereocenters. The highest BCUT2D eigenvalue weighted by Crippen LogP contribution is 2.48. The highest BCUT2D eigenvalue weighted by Gasteiger charge is 2.42. The van der Waals surface area contributed by atoms with Crippen LogP contribution in [-0.2, 0) is 21.7 Å². The first-order chi connectivity index (χ1) is 37.9. The van der Waals surface area contributed by atoms with Gasteiger partial charge in [0.1, 0.15) is 23.0 Å². The molecule has 386 valence electrons. The van der Waals surface area contributed by atoms with Crippen molar-refractivity contribution in [1.29, 1.82) is 0 Å². The van der Waals surface area contributed by atoms with Gasteiger partial charge in [0.2, 0.25) is 0 Å². The quantitative estimate of drug-likeness (QED) is 0.112. The average Bonchev–Trinajstić information content (AvgIpc) is 3.60. The Balaban J connectivity index is 1.05. The maximum atomic E-state index is 7.27. The van der Waals surface area contributed by atoms with Crippen LogP contribution < -0.4 is 25.9 Å². The minimum atomic E-state index is -0.254. The molecular formula is C76H67BO2. The van der Waals surface area contributed by atoms with Gasteiger partial charge in [0.05, 0.1) is 0 Å². The van der Waals surface area contributed by atoms with Gasteiger partial charge in [0, 0.05) is 16.3 Å². The van der Waals surface area contributed by atoms with E-state index in [1.165, 1.54) is 77.2 Å². The molecule has 0 unspecified atom stereocenters. The smallest absolute Gasteiger partial charge is 0.260 e. The molecule has 3 heteroatoms. The van der Waals surface area contributed by atoms with Crippen LogP contribution in [0.3, 0.4) is 0 Å². The van der Waals surface area contributed by atoms with Crippen LogP contribution in [0.4, 0.5) is 0 Å². The van der Waals surface area contributed by atoms with Crippen molar-refractivity contribution in [3.05, 3.63) is 258 Å². The van der Waals surface area contributed by atoms with Crippen molar-refractivity contribution in [2.24, 2.45) is 0 Å². The summed E-state index contributed by atoms with van der Waals surface area (Å²) in [6.45, 7) is 23.1. The number of hydrogen-bond acceptors (Lipinski definition) is 2. The number of hydrogen-bond donors (Lipinski definition) is 0. The van der Waals surface area contributed by atoms with Crippen molar-refractivity contribution in [2.75, 3.05) is 0 Å². The van der Waals surface area contributed by atoms with Crippen molar-refractivity contribution in [1.82, 2.24) is 0 Å². The molecule has 0 saturated heterocycles. The SMILES string of the molecule is CC(C)(C)c1cc(-c2cc(-c3cc4c5c(c3)Oc3ccc(C(C)(C)c6ccccc6)cc3B5c3cc(C(C)(C)c5ccccc5)ccc3O4)cc(-c3c4ccccc4c(-c4ccccc4)c4ccccc34)c2)cc(C(C)(C)C)c1. The topological polar surface area (TPSA) is 18.5 Å². The van der Waals surface area contributed by atoms with Crippen LogP contribution in [0.15, 0.2) is 224 Å². The zero-order valence-corrected chi connectivity index (χ0v) is 47.3. The Morgan fingerprint density at radius 2 is 0.620 bits per heavy atom. The Labute approximate surface area is 467 Å². The van der Waals surface area contributed by atoms with Gasteiger partial charge in [-0.1, -0.05) is 251 Å². The van der Waals surface area contributed by atoms with Crippen LogP contribution >= 0.6 is 0 Å². The summed E-state index contributed by atoms with van der Waals surface area (Å²) in [5.74, 6) is 3.37. The molecule has 0 saturated carbocycles. The number of ether oxygens (including phenoxy) is 2. The molecule has 0 aliphatic carbocycles. The number of fused-ring (bicyclic) bond motifs is 6. The molecule has 11 aromatic rings. The van der Waals surface area contributed by atoms with E-state index in [9.17, 15) is 0 Å². The van der Waals surface area contributed by atoms with Crippen LogP contribution in [0.1, 0.15) is 103 Å². The minimum absolute atomic E-state index is 0.0643. The van der Waals surface area contributed by atoms with Crippen molar-refractivity contribution < 1.29 is 9.47 Å². The summed E-state index contributed by atoms with van der Waals surface area (Å²) < 4.78 is 14.5. The monoisotopic (exact) mass is 1020 g/mol. The lowest BCUT2D eigenvalue weighted by atomic mass is 9.34. The third kappa shape index (κ3) is 8.67. The summed E-state index contributed by atoms with van der Waals surface area (Å²) in [5.41, 5.74) is 19.7. The van der Waals surface area contributed by atoms with Gasteiger partial charge in [-0.3, -0.25) is 0 Å². The van der Waals surface area contributed by atoms with E-state index in [4.69, 9.17) is 9.47 Å². The van der Waals surface area contributed by atoms with Gasteiger partial charge < -0.3 is 9.47 Å². The number of rotatable bonds is 8. The zero-order valence-electron chi connectivity index (χ0n) is 47.3. The second-order valence-electron chi connectivity index (χ2n) is 25.3. The predicted molar refractivity (Wildman–Crippen MR) is 335 cm³/mol. The third-order valence-electron chi connectivity index (χ3n) is 17.5. The molecule has 13 rings (SSSR count). The normalized spacial score (nSPS) is 13.1. The van der Waals surface area contributed by atoms with E-state index in [1.807, 2.05) is 0 Å². The molecule has 2 nitrogen and oxygen atoms in total. The standard InChI is InChI=1S/C76H67BO2/c1-73(2,3)58-41-51(42-59(45-58)74(4,5)6)49-38-50(40-53(39-49)71-62-32-22-20-30-60(62)70(48-24-14-11-15-25-48)61-31-21-23-33-63(61)71)52-43-68-72-69(44-52)79-67-37-35-57(76(9,10)55-28-18-13-19-29-55)47-65(67)77(72)64-46-56(34-36-66(64)78-68)75(7,8)54-26-16-12-17-27-54/h11-47H,1-10H3. The summed E-state index contributed by atoms with van der Waals surface area (Å²) in [5, 5.41) is 4.89. The van der Waals surface area contributed by atoms with Crippen molar-refractivity contribution in [3.63, 3.8) is 0 Å². The molecule has 0 aromatic heterocycles. The Morgan fingerprint density at radius 1 is 0.266 bits per heavy atom. The molecule has 11 aromatic carbocycles. The van der Waals surface area contributed by atoms with Crippen LogP contribution in [0, 0.1) is 0 Å². The van der Waals surface area contributed by atoms with E-state index in [1.54, 1.807) is 0 Å². The predicted octanol–water partition coefficient (Wildman–Crippen LogP) is 18.6. The van der Waals surface area contributed by atoms with Gasteiger partial charge in [-0.2, -0.15) is 0 Å².